The van der Waals surface area contributed by atoms with E-state index in [9.17, 15) is 9.65 Å². The molecular formula is C37H38FN7O5. The Morgan fingerprint density at radius 2 is 1.38 bits per heavy atom. The van der Waals surface area contributed by atoms with Crippen molar-refractivity contribution in [3.63, 3.8) is 0 Å². The number of hydrogen-bond acceptors (Lipinski definition) is 12. The molecule has 0 spiro atoms. The smallest absolute Gasteiger partial charge is 0.249 e. The fourth-order valence-corrected chi connectivity index (χ4v) is 6.57. The number of nitrogens with zero attached hydrogens (tertiary/aromatic N) is 7. The van der Waals surface area contributed by atoms with Gasteiger partial charge in [-0.2, -0.15) is 15.3 Å². The molecule has 1 atom stereocenters. The van der Waals surface area contributed by atoms with Gasteiger partial charge in [-0.15, -0.1) is 0 Å². The van der Waals surface area contributed by atoms with Gasteiger partial charge in [0.15, 0.2) is 17.3 Å². The third-order valence-corrected chi connectivity index (χ3v) is 9.18. The molecule has 3 aromatic carbocycles. The minimum atomic E-state index is -0.385. The number of anilines is 3. The molecule has 3 aliphatic heterocycles. The minimum absolute atomic E-state index is 0.295. The van der Waals surface area contributed by atoms with E-state index in [4.69, 9.17) is 38.8 Å². The maximum absolute atomic E-state index is 14.0. The Bertz CT molecular complexity index is 1880. The van der Waals surface area contributed by atoms with E-state index < -0.39 is 0 Å². The van der Waals surface area contributed by atoms with Crippen LogP contribution in [0.25, 0.3) is 11.3 Å². The highest BCUT2D eigenvalue weighted by molar-refractivity contribution is 6.03. The zero-order valence-electron chi connectivity index (χ0n) is 28.3. The molecule has 1 unspecified atom stereocenters. The first-order valence-corrected chi connectivity index (χ1v) is 16.5. The highest BCUT2D eigenvalue weighted by Crippen LogP contribution is 2.45. The monoisotopic (exact) mass is 679 g/mol. The number of rotatable bonds is 9. The summed E-state index contributed by atoms with van der Waals surface area (Å²) >= 11 is 0. The molecular weight excluding hydrogens is 641 g/mol. The Hall–Kier alpha value is -5.45. The van der Waals surface area contributed by atoms with Crippen LogP contribution in [0, 0.1) is 17.1 Å². The molecule has 0 N–H and O–H groups in total. The van der Waals surface area contributed by atoms with Crippen LogP contribution in [0.4, 0.5) is 21.8 Å². The Kier molecular flexibility index (Phi) is 9.64. The van der Waals surface area contributed by atoms with Crippen molar-refractivity contribution < 1.29 is 28.1 Å². The minimum Gasteiger partial charge on any atom is -0.493 e. The molecule has 13 heteroatoms. The van der Waals surface area contributed by atoms with Crippen LogP contribution in [-0.2, 0) is 9.47 Å². The van der Waals surface area contributed by atoms with Crippen molar-refractivity contribution in [2.45, 2.75) is 12.5 Å². The Labute approximate surface area is 290 Å². The summed E-state index contributed by atoms with van der Waals surface area (Å²) in [7, 11) is 4.73. The molecule has 0 bridgehead atoms. The average Bonchev–Trinajstić information content (AvgIpc) is 3.63. The average molecular weight is 680 g/mol. The molecule has 7 rings (SSSR count). The lowest BCUT2D eigenvalue weighted by Gasteiger charge is -2.30. The third kappa shape index (κ3) is 6.47. The second kappa shape index (κ2) is 14.6. The maximum atomic E-state index is 14.0. The molecule has 0 radical (unpaired) electrons. The topological polar surface area (TPSA) is 118 Å². The fourth-order valence-electron chi connectivity index (χ4n) is 6.57. The van der Waals surface area contributed by atoms with Gasteiger partial charge in [-0.25, -0.2) is 14.4 Å². The van der Waals surface area contributed by atoms with Crippen molar-refractivity contribution in [3.8, 4) is 34.6 Å². The zero-order valence-corrected chi connectivity index (χ0v) is 28.3. The fraction of sp³-hybridized carbons (Fsp3) is 0.351. The molecule has 12 nitrogen and oxygen atoms in total. The van der Waals surface area contributed by atoms with Crippen molar-refractivity contribution >= 4 is 23.2 Å². The van der Waals surface area contributed by atoms with Crippen molar-refractivity contribution in [3.05, 3.63) is 83.2 Å². The third-order valence-electron chi connectivity index (χ3n) is 9.18. The van der Waals surface area contributed by atoms with Gasteiger partial charge < -0.3 is 33.5 Å². The summed E-state index contributed by atoms with van der Waals surface area (Å²) < 4.78 is 42.3. The maximum Gasteiger partial charge on any atom is 0.249 e. The Balaban J connectivity index is 1.38. The van der Waals surface area contributed by atoms with E-state index in [1.54, 1.807) is 38.5 Å². The predicted octanol–water partition coefficient (Wildman–Crippen LogP) is 5.21. The first-order chi connectivity index (χ1) is 24.5. The number of nitriles is 1. The van der Waals surface area contributed by atoms with Gasteiger partial charge in [0.05, 0.1) is 65.2 Å². The summed E-state index contributed by atoms with van der Waals surface area (Å²) in [4.78, 5) is 14.3. The molecule has 4 heterocycles. The van der Waals surface area contributed by atoms with Crippen LogP contribution in [0.5, 0.6) is 17.2 Å². The van der Waals surface area contributed by atoms with Crippen LogP contribution in [0.2, 0.25) is 0 Å². The van der Waals surface area contributed by atoms with E-state index in [1.165, 1.54) is 12.1 Å². The Morgan fingerprint density at radius 1 is 0.780 bits per heavy atom. The number of morpholine rings is 2. The van der Waals surface area contributed by atoms with Crippen LogP contribution in [-0.4, -0.2) is 89.6 Å². The van der Waals surface area contributed by atoms with E-state index in [2.05, 4.69) is 35.2 Å². The molecule has 4 aromatic rings. The second-order valence-corrected chi connectivity index (χ2v) is 12.0. The number of hydrazone groups is 1. The van der Waals surface area contributed by atoms with Crippen LogP contribution < -0.4 is 29.0 Å². The number of hydrogen-bond donors (Lipinski definition) is 0. The van der Waals surface area contributed by atoms with E-state index in [0.29, 0.717) is 91.8 Å². The van der Waals surface area contributed by atoms with Gasteiger partial charge in [-0.3, -0.25) is 0 Å². The summed E-state index contributed by atoms with van der Waals surface area (Å²) in [6.07, 6.45) is 0.512. The first-order valence-electron chi connectivity index (χ1n) is 16.5. The normalized spacial score (nSPS) is 17.7. The number of aromatic nitrogens is 2. The van der Waals surface area contributed by atoms with Crippen molar-refractivity contribution in [1.82, 2.24) is 9.97 Å². The number of methoxy groups -OCH3 is 3. The number of ether oxygens (including phenoxy) is 5. The molecule has 0 aliphatic carbocycles. The van der Waals surface area contributed by atoms with Crippen LogP contribution in [0.1, 0.15) is 29.2 Å². The number of halogens is 1. The Morgan fingerprint density at radius 3 is 1.96 bits per heavy atom. The lowest BCUT2D eigenvalue weighted by Crippen LogP contribution is -2.37. The van der Waals surface area contributed by atoms with Crippen molar-refractivity contribution in [2.24, 2.45) is 5.10 Å². The summed E-state index contributed by atoms with van der Waals surface area (Å²) in [5, 5.41) is 17.4. The van der Waals surface area contributed by atoms with Gasteiger partial charge in [0.25, 0.3) is 0 Å². The molecule has 2 saturated heterocycles. The first kappa shape index (κ1) is 33.1. The molecule has 0 saturated carbocycles. The quantitative estimate of drug-likeness (QED) is 0.232. The van der Waals surface area contributed by atoms with Crippen LogP contribution in [0.3, 0.4) is 0 Å². The molecule has 50 heavy (non-hydrogen) atoms. The van der Waals surface area contributed by atoms with Gasteiger partial charge in [-0.1, -0.05) is 12.1 Å². The summed E-state index contributed by atoms with van der Waals surface area (Å²) in [5.74, 6) is 1.88. The predicted molar refractivity (Wildman–Crippen MR) is 187 cm³/mol. The molecule has 2 fully saturated rings. The van der Waals surface area contributed by atoms with E-state index >= 15 is 0 Å². The summed E-state index contributed by atoms with van der Waals surface area (Å²) in [6.45, 7) is 5.19. The highest BCUT2D eigenvalue weighted by Gasteiger charge is 2.35. The van der Waals surface area contributed by atoms with E-state index in [-0.39, 0.29) is 11.9 Å². The standard InChI is InChI=1S/C37H38FN7O5/c1-46-32-20-26(21-33(47-2)35(32)48-3)31-22-30(24-6-10-28(11-7-24)43-12-16-49-17-13-43)42-45(31)37-40-34(25-4-8-27(38)9-5-25)29(23-39)36(41-37)44-14-18-50-19-15-44/h4-11,20-21,31H,12-19,22H2,1-3H3. The summed E-state index contributed by atoms with van der Waals surface area (Å²) in [5.41, 5.74) is 5.04. The van der Waals surface area contributed by atoms with Crippen molar-refractivity contribution in [2.75, 3.05) is 88.7 Å². The van der Waals surface area contributed by atoms with E-state index in [1.807, 2.05) is 17.0 Å². The second-order valence-electron chi connectivity index (χ2n) is 12.0. The van der Waals surface area contributed by atoms with Crippen molar-refractivity contribution in [1.29, 1.82) is 5.26 Å². The summed E-state index contributed by atoms with van der Waals surface area (Å²) in [6, 6.07) is 20.1. The van der Waals surface area contributed by atoms with E-state index in [0.717, 1.165) is 35.6 Å². The van der Waals surface area contributed by atoms with Crippen LogP contribution >= 0.6 is 0 Å². The van der Waals surface area contributed by atoms with Gasteiger partial charge in [-0.05, 0) is 59.7 Å². The zero-order chi connectivity index (χ0) is 34.6. The van der Waals surface area contributed by atoms with Crippen LogP contribution in [0.15, 0.2) is 65.8 Å². The van der Waals surface area contributed by atoms with Gasteiger partial charge in [0.1, 0.15) is 17.4 Å². The lowest BCUT2D eigenvalue weighted by atomic mass is 9.97. The van der Waals surface area contributed by atoms with Gasteiger partial charge >= 0.3 is 0 Å². The lowest BCUT2D eigenvalue weighted by molar-refractivity contribution is 0.122. The van der Waals surface area contributed by atoms with Gasteiger partial charge in [0, 0.05) is 43.9 Å². The van der Waals surface area contributed by atoms with Gasteiger partial charge in [0.2, 0.25) is 11.7 Å². The molecule has 258 valence electrons. The molecule has 1 aromatic heterocycles. The highest BCUT2D eigenvalue weighted by atomic mass is 19.1. The number of benzene rings is 3. The SMILES string of the molecule is COc1cc(C2CC(c3ccc(N4CCOCC4)cc3)=NN2c2nc(-c3ccc(F)cc3)c(C#N)c(N3CCOCC3)n2)cc(OC)c1OC. The molecule has 0 amide bonds. The largest absolute Gasteiger partial charge is 0.493 e. The molecule has 3 aliphatic rings.